The smallest absolute Gasteiger partial charge is 0.295 e. The Hall–Kier alpha value is -1.72. The number of alkyl halides is 2. The highest BCUT2D eigenvalue weighted by molar-refractivity contribution is 7.97. The fourth-order valence-corrected chi connectivity index (χ4v) is 2.72. The lowest BCUT2D eigenvalue weighted by molar-refractivity contribution is -0.119. The lowest BCUT2D eigenvalue weighted by Gasteiger charge is -2.23. The summed E-state index contributed by atoms with van der Waals surface area (Å²) in [7, 11) is 0. The Kier molecular flexibility index (Phi) is 5.91. The minimum absolute atomic E-state index is 0.172. The molecule has 0 saturated carbocycles. The van der Waals surface area contributed by atoms with Crippen LogP contribution in [-0.2, 0) is 10.7 Å². The highest BCUT2D eigenvalue weighted by Gasteiger charge is 2.41. The van der Waals surface area contributed by atoms with Crippen molar-refractivity contribution in [1.82, 2.24) is 4.72 Å². The molecule has 0 aliphatic carbocycles. The molecule has 2 aromatic rings. The van der Waals surface area contributed by atoms with Crippen molar-refractivity contribution in [3.05, 3.63) is 59.7 Å². The first-order valence-corrected chi connectivity index (χ1v) is 8.35. The molecule has 0 aromatic heterocycles. The summed E-state index contributed by atoms with van der Waals surface area (Å²) >= 11 is 1.10. The van der Waals surface area contributed by atoms with Crippen molar-refractivity contribution < 1.29 is 13.6 Å². The van der Waals surface area contributed by atoms with Crippen LogP contribution in [0.15, 0.2) is 48.5 Å². The van der Waals surface area contributed by atoms with Crippen LogP contribution in [0.4, 0.5) is 8.78 Å². The Morgan fingerprint density at radius 2 is 1.61 bits per heavy atom. The van der Waals surface area contributed by atoms with Crippen molar-refractivity contribution in [2.75, 3.05) is 5.75 Å². The average molecular weight is 335 g/mol. The van der Waals surface area contributed by atoms with E-state index >= 15 is 0 Å². The van der Waals surface area contributed by atoms with Gasteiger partial charge in [0.1, 0.15) is 12.3 Å². The molecule has 2 rings (SSSR count). The number of nitrogens with one attached hydrogen (secondary N) is 1. The number of halogens is 2. The average Bonchev–Trinajstić information content (AvgIpc) is 2.56. The van der Waals surface area contributed by atoms with Crippen LogP contribution in [0.25, 0.3) is 11.1 Å². The number of rotatable bonds is 7. The first kappa shape index (κ1) is 17.6. The predicted molar refractivity (Wildman–Crippen MR) is 91.6 cm³/mol. The fourth-order valence-electron chi connectivity index (χ4n) is 2.17. The third kappa shape index (κ3) is 4.18. The largest absolute Gasteiger partial charge is 0.301 e. The molecule has 0 heterocycles. The van der Waals surface area contributed by atoms with Gasteiger partial charge < -0.3 is 4.79 Å². The molecule has 1 N–H and O–H groups in total. The van der Waals surface area contributed by atoms with Crippen LogP contribution in [0.3, 0.4) is 0 Å². The van der Waals surface area contributed by atoms with E-state index < -0.39 is 12.0 Å². The van der Waals surface area contributed by atoms with Crippen LogP contribution in [0.5, 0.6) is 0 Å². The molecule has 1 unspecified atom stereocenters. The standard InChI is InChI=1S/C18H19F2NOS/c1-3-23-21-17(12-22)18(19,20)16-10-8-15(9-11-16)14-6-4-13(2)5-7-14/h4-12,17,21H,3H2,1-2H3. The van der Waals surface area contributed by atoms with E-state index in [-0.39, 0.29) is 11.8 Å². The summed E-state index contributed by atoms with van der Waals surface area (Å²) in [4.78, 5) is 11.0. The van der Waals surface area contributed by atoms with Crippen molar-refractivity contribution in [3.63, 3.8) is 0 Å². The van der Waals surface area contributed by atoms with E-state index in [9.17, 15) is 13.6 Å². The van der Waals surface area contributed by atoms with Gasteiger partial charge in [0.25, 0.3) is 5.92 Å². The van der Waals surface area contributed by atoms with Crippen LogP contribution < -0.4 is 4.72 Å². The Morgan fingerprint density at radius 3 is 2.09 bits per heavy atom. The zero-order valence-corrected chi connectivity index (χ0v) is 13.9. The van der Waals surface area contributed by atoms with Gasteiger partial charge in [-0.25, -0.2) is 4.72 Å². The molecule has 2 nitrogen and oxygen atoms in total. The van der Waals surface area contributed by atoms with E-state index in [1.807, 2.05) is 38.1 Å². The summed E-state index contributed by atoms with van der Waals surface area (Å²) in [5, 5.41) is 0. The van der Waals surface area contributed by atoms with Gasteiger partial charge in [-0.15, -0.1) is 0 Å². The van der Waals surface area contributed by atoms with Crippen LogP contribution in [0.2, 0.25) is 0 Å². The zero-order chi connectivity index (χ0) is 16.9. The van der Waals surface area contributed by atoms with Gasteiger partial charge in [0.05, 0.1) is 0 Å². The molecule has 0 amide bonds. The SMILES string of the molecule is CCSNC(C=O)C(F)(F)c1ccc(-c2ccc(C)cc2)cc1. The van der Waals surface area contributed by atoms with Gasteiger partial charge in [0.15, 0.2) is 0 Å². The number of benzene rings is 2. The minimum Gasteiger partial charge on any atom is -0.301 e. The van der Waals surface area contributed by atoms with Crippen molar-refractivity contribution >= 4 is 18.2 Å². The number of carbonyl (C=O) groups excluding carboxylic acids is 1. The number of aldehydes is 1. The van der Waals surface area contributed by atoms with Gasteiger partial charge in [-0.3, -0.25) is 0 Å². The van der Waals surface area contributed by atoms with E-state index in [1.54, 1.807) is 12.1 Å². The molecule has 0 fully saturated rings. The monoisotopic (exact) mass is 335 g/mol. The number of hydrogen-bond donors (Lipinski definition) is 1. The summed E-state index contributed by atoms with van der Waals surface area (Å²) < 4.78 is 31.4. The minimum atomic E-state index is -3.25. The molecule has 23 heavy (non-hydrogen) atoms. The molecule has 5 heteroatoms. The van der Waals surface area contributed by atoms with Gasteiger partial charge >= 0.3 is 0 Å². The molecule has 1 atom stereocenters. The molecule has 0 spiro atoms. The van der Waals surface area contributed by atoms with E-state index in [1.165, 1.54) is 12.1 Å². The molecule has 2 aromatic carbocycles. The van der Waals surface area contributed by atoms with E-state index in [0.717, 1.165) is 28.6 Å². The van der Waals surface area contributed by atoms with Crippen LogP contribution in [0.1, 0.15) is 18.1 Å². The first-order valence-electron chi connectivity index (χ1n) is 7.37. The Labute approximate surface area is 139 Å². The second-order valence-corrected chi connectivity index (χ2v) is 6.33. The molecule has 0 bridgehead atoms. The molecule has 0 radical (unpaired) electrons. The first-order chi connectivity index (χ1) is 11.0. The number of carbonyl (C=O) groups is 1. The topological polar surface area (TPSA) is 29.1 Å². The van der Waals surface area contributed by atoms with Crippen molar-refractivity contribution in [2.24, 2.45) is 0 Å². The lowest BCUT2D eigenvalue weighted by Crippen LogP contribution is -2.41. The maximum Gasteiger partial charge on any atom is 0.295 e. The third-order valence-corrected chi connectivity index (χ3v) is 4.25. The summed E-state index contributed by atoms with van der Waals surface area (Å²) in [5.41, 5.74) is 2.81. The second-order valence-electron chi connectivity index (χ2n) is 5.23. The molecule has 0 aliphatic rings. The molecular weight excluding hydrogens is 316 g/mol. The highest BCUT2D eigenvalue weighted by atomic mass is 32.2. The van der Waals surface area contributed by atoms with Crippen LogP contribution in [0, 0.1) is 6.92 Å². The fraction of sp³-hybridized carbons (Fsp3) is 0.278. The highest BCUT2D eigenvalue weighted by Crippen LogP contribution is 2.33. The van der Waals surface area contributed by atoms with Gasteiger partial charge in [0.2, 0.25) is 0 Å². The zero-order valence-electron chi connectivity index (χ0n) is 13.1. The van der Waals surface area contributed by atoms with Gasteiger partial charge in [0, 0.05) is 11.3 Å². The van der Waals surface area contributed by atoms with Gasteiger partial charge in [-0.1, -0.05) is 73.0 Å². The van der Waals surface area contributed by atoms with Gasteiger partial charge in [-0.05, 0) is 18.1 Å². The maximum absolute atomic E-state index is 14.4. The summed E-state index contributed by atoms with van der Waals surface area (Å²) in [6.45, 7) is 3.82. The van der Waals surface area contributed by atoms with Crippen molar-refractivity contribution in [2.45, 2.75) is 25.8 Å². The molecule has 122 valence electrons. The number of aryl methyl sites for hydroxylation is 1. The van der Waals surface area contributed by atoms with Crippen LogP contribution >= 0.6 is 11.9 Å². The maximum atomic E-state index is 14.4. The molecule has 0 aliphatic heterocycles. The quantitative estimate of drug-likeness (QED) is 0.593. The normalized spacial score (nSPS) is 12.9. The van der Waals surface area contributed by atoms with Gasteiger partial charge in [-0.2, -0.15) is 8.78 Å². The van der Waals surface area contributed by atoms with Crippen molar-refractivity contribution in [3.8, 4) is 11.1 Å². The van der Waals surface area contributed by atoms with E-state index in [2.05, 4.69) is 4.72 Å². The molecular formula is C18H19F2NOS. The molecule has 0 saturated heterocycles. The summed E-state index contributed by atoms with van der Waals surface area (Å²) in [6.07, 6.45) is 0.260. The second kappa shape index (κ2) is 7.70. The Balaban J connectivity index is 2.23. The predicted octanol–water partition coefficient (Wildman–Crippen LogP) is 4.58. The number of hydrogen-bond acceptors (Lipinski definition) is 3. The van der Waals surface area contributed by atoms with Crippen LogP contribution in [-0.4, -0.2) is 18.1 Å². The summed E-state index contributed by atoms with van der Waals surface area (Å²) in [6, 6.07) is 12.4. The lowest BCUT2D eigenvalue weighted by atomic mass is 9.98. The van der Waals surface area contributed by atoms with E-state index in [4.69, 9.17) is 0 Å². The Bertz CT molecular complexity index is 641. The third-order valence-electron chi connectivity index (χ3n) is 3.54. The van der Waals surface area contributed by atoms with E-state index in [0.29, 0.717) is 5.75 Å². The Morgan fingerprint density at radius 1 is 1.09 bits per heavy atom. The summed E-state index contributed by atoms with van der Waals surface area (Å²) in [5.74, 6) is -2.65. The van der Waals surface area contributed by atoms with Crippen molar-refractivity contribution in [1.29, 1.82) is 0 Å².